The lowest BCUT2D eigenvalue weighted by Gasteiger charge is -2.37. The van der Waals surface area contributed by atoms with Crippen molar-refractivity contribution in [3.63, 3.8) is 0 Å². The van der Waals surface area contributed by atoms with Crippen LogP contribution in [0.4, 0.5) is 0 Å². The number of esters is 1. The number of aromatic nitrogens is 3. The molecular formula is C46H61N7O7S. The van der Waals surface area contributed by atoms with E-state index in [1.54, 1.807) is 13.3 Å². The predicted molar refractivity (Wildman–Crippen MR) is 233 cm³/mol. The van der Waals surface area contributed by atoms with E-state index in [2.05, 4.69) is 79.1 Å². The Kier molecular flexibility index (Phi) is 13.0. The first-order valence-corrected chi connectivity index (χ1v) is 22.8. The minimum absolute atomic E-state index is 0.162. The molecule has 14 nitrogen and oxygen atoms in total. The first-order valence-electron chi connectivity index (χ1n) is 21.9. The van der Waals surface area contributed by atoms with Crippen molar-refractivity contribution in [3.8, 4) is 22.5 Å². The highest BCUT2D eigenvalue weighted by Gasteiger charge is 2.50. The van der Waals surface area contributed by atoms with Gasteiger partial charge in [0.05, 0.1) is 49.6 Å². The summed E-state index contributed by atoms with van der Waals surface area (Å²) in [6.45, 7) is 17.6. The van der Waals surface area contributed by atoms with Gasteiger partial charge in [0.25, 0.3) is 5.91 Å². The first kappa shape index (κ1) is 43.4. The molecule has 1 aromatic carbocycles. The third-order valence-corrected chi connectivity index (χ3v) is 14.1. The smallest absolute Gasteiger partial charge is 0.324 e. The van der Waals surface area contributed by atoms with E-state index in [-0.39, 0.29) is 42.3 Å². The molecule has 328 valence electrons. The van der Waals surface area contributed by atoms with Crippen LogP contribution in [0.15, 0.2) is 41.9 Å². The largest absolute Gasteiger partial charge is 0.464 e. The maximum atomic E-state index is 14.9. The number of hydrazine groups is 1. The van der Waals surface area contributed by atoms with E-state index in [1.165, 1.54) is 16.3 Å². The van der Waals surface area contributed by atoms with Crippen molar-refractivity contribution in [2.45, 2.75) is 91.6 Å². The van der Waals surface area contributed by atoms with Gasteiger partial charge in [0.1, 0.15) is 23.2 Å². The van der Waals surface area contributed by atoms with Crippen LogP contribution < -0.4 is 10.7 Å². The standard InChI is InChI=1S/C46H61N7O7S/c1-8-52-36-14-13-30-23-32(36)33(40(52)31-11-9-15-47-38(31)29(4)57-7)24-46(5,6)26-60-45(56)34-12-10-16-53(50-34)44(55)39(49-42(54)37-27(2)28(37)3)41(43-48-35(30)25-61-43)59-22-19-51-17-20-58-21-18-51/h9,11,13-15,23,25,27-29,34,37,39,41,50H,8,10,12,16-22,24,26H2,1-7H3,(H,49,54)/t27-,28+,29-,34-,37?,39-,41?/m0/s1. The number of hydrogen-bond acceptors (Lipinski definition) is 12. The van der Waals surface area contributed by atoms with E-state index < -0.39 is 29.6 Å². The van der Waals surface area contributed by atoms with Crippen LogP contribution in [0.5, 0.6) is 0 Å². The number of aryl methyl sites for hydroxylation is 1. The number of ether oxygens (including phenoxy) is 4. The minimum atomic E-state index is -1.10. The Labute approximate surface area is 362 Å². The van der Waals surface area contributed by atoms with Crippen molar-refractivity contribution < 1.29 is 33.3 Å². The van der Waals surface area contributed by atoms with Gasteiger partial charge >= 0.3 is 5.97 Å². The fourth-order valence-electron chi connectivity index (χ4n) is 9.28. The Morgan fingerprint density at radius 2 is 1.92 bits per heavy atom. The number of morpholine rings is 1. The molecule has 2 N–H and O–H groups in total. The molecule has 4 aromatic rings. The van der Waals surface area contributed by atoms with E-state index >= 15 is 0 Å². The van der Waals surface area contributed by atoms with Crippen LogP contribution in [0.1, 0.15) is 82.9 Å². The highest BCUT2D eigenvalue weighted by molar-refractivity contribution is 7.10. The molecule has 6 heterocycles. The van der Waals surface area contributed by atoms with Gasteiger partial charge in [-0.2, -0.15) is 0 Å². The van der Waals surface area contributed by atoms with Crippen molar-refractivity contribution in [2.75, 3.05) is 59.7 Å². The van der Waals surface area contributed by atoms with Gasteiger partial charge in [-0.25, -0.2) is 10.4 Å². The molecule has 2 unspecified atom stereocenters. The molecule has 0 spiro atoms. The van der Waals surface area contributed by atoms with Crippen LogP contribution in [0, 0.1) is 23.2 Å². The topological polar surface area (TPSA) is 149 Å². The number of rotatable bonds is 10. The zero-order chi connectivity index (χ0) is 43.0. The number of thiazole rings is 1. The molecule has 6 bridgehead atoms. The summed E-state index contributed by atoms with van der Waals surface area (Å²) in [5, 5.41) is 8.30. The number of carbonyl (C=O) groups excluding carboxylic acids is 3. The number of methoxy groups -OCH3 is 1. The number of hydrogen-bond donors (Lipinski definition) is 2. The van der Waals surface area contributed by atoms with Crippen LogP contribution >= 0.6 is 11.3 Å². The molecule has 15 heteroatoms. The second-order valence-electron chi connectivity index (χ2n) is 17.9. The molecule has 2 amide bonds. The zero-order valence-corrected chi connectivity index (χ0v) is 37.4. The van der Waals surface area contributed by atoms with Gasteiger partial charge in [0.15, 0.2) is 0 Å². The fraction of sp³-hybridized carbons (Fsp3) is 0.587. The second-order valence-corrected chi connectivity index (χ2v) is 18.8. The summed E-state index contributed by atoms with van der Waals surface area (Å²) in [5.74, 6) is -0.775. The molecular weight excluding hydrogens is 795 g/mol. The van der Waals surface area contributed by atoms with Gasteiger partial charge in [0, 0.05) is 84.8 Å². The highest BCUT2D eigenvalue weighted by atomic mass is 32.1. The molecule has 7 atom stereocenters. The molecule has 3 fully saturated rings. The molecule has 1 aliphatic carbocycles. The number of cyclic esters (lactones) is 1. The number of nitrogens with one attached hydrogen (secondary N) is 2. The summed E-state index contributed by atoms with van der Waals surface area (Å²) >= 11 is 1.42. The van der Waals surface area contributed by atoms with Crippen LogP contribution in [0.2, 0.25) is 0 Å². The number of pyridine rings is 1. The van der Waals surface area contributed by atoms with Crippen LogP contribution in [0.25, 0.3) is 33.4 Å². The van der Waals surface area contributed by atoms with Gasteiger partial charge < -0.3 is 28.8 Å². The molecule has 0 radical (unpaired) electrons. The van der Waals surface area contributed by atoms with Gasteiger partial charge in [-0.1, -0.05) is 33.8 Å². The maximum absolute atomic E-state index is 14.9. The molecule has 3 aliphatic heterocycles. The molecule has 3 aromatic heterocycles. The number of carbonyl (C=O) groups is 3. The van der Waals surface area contributed by atoms with Gasteiger partial charge in [-0.05, 0) is 74.8 Å². The van der Waals surface area contributed by atoms with Crippen molar-refractivity contribution in [2.24, 2.45) is 23.2 Å². The Balaban J connectivity index is 1.26. The van der Waals surface area contributed by atoms with E-state index in [0.29, 0.717) is 63.7 Å². The Morgan fingerprint density at radius 1 is 1.13 bits per heavy atom. The van der Waals surface area contributed by atoms with E-state index in [1.807, 2.05) is 18.4 Å². The minimum Gasteiger partial charge on any atom is -0.464 e. The number of benzene rings is 1. The Bertz CT molecular complexity index is 2230. The molecule has 8 rings (SSSR count). The van der Waals surface area contributed by atoms with Gasteiger partial charge in [-0.15, -0.1) is 11.3 Å². The van der Waals surface area contributed by atoms with Crippen LogP contribution in [0.3, 0.4) is 0 Å². The Hall–Kier alpha value is -4.25. The summed E-state index contributed by atoms with van der Waals surface area (Å²) in [7, 11) is 1.70. The summed E-state index contributed by atoms with van der Waals surface area (Å²) in [4.78, 5) is 55.0. The van der Waals surface area contributed by atoms with Crippen molar-refractivity contribution in [1.82, 2.24) is 35.2 Å². The normalized spacial score (nSPS) is 26.4. The SMILES string of the molecule is CCn1c(-c2cccnc2[C@H](C)OC)c2c3cc(ccc31)-c1csc(n1)C(OCCN1CCOCC1)[C@H](NC(=O)C1[C@@H](C)[C@H]1C)C(=O)N1CCC[C@H](N1)C(=O)OCC(C)(C)C2. The second kappa shape index (κ2) is 18.2. The van der Waals surface area contributed by atoms with Crippen molar-refractivity contribution in [3.05, 3.63) is 58.2 Å². The summed E-state index contributed by atoms with van der Waals surface area (Å²) < 4.78 is 26.6. The van der Waals surface area contributed by atoms with Gasteiger partial charge in [0.2, 0.25) is 5.91 Å². The van der Waals surface area contributed by atoms with Gasteiger partial charge in [-0.3, -0.25) is 29.3 Å². The number of fused-ring (bicyclic) bond motifs is 6. The predicted octanol–water partition coefficient (Wildman–Crippen LogP) is 5.95. The first-order chi connectivity index (χ1) is 29.4. The average Bonchev–Trinajstić information content (AvgIpc) is 3.54. The zero-order valence-electron chi connectivity index (χ0n) is 36.6. The van der Waals surface area contributed by atoms with Crippen molar-refractivity contribution >= 4 is 40.0 Å². The third kappa shape index (κ3) is 9.00. The monoisotopic (exact) mass is 855 g/mol. The third-order valence-electron chi connectivity index (χ3n) is 13.2. The van der Waals surface area contributed by atoms with E-state index in [9.17, 15) is 14.4 Å². The summed E-state index contributed by atoms with van der Waals surface area (Å²) in [6.07, 6.45) is 2.35. The molecule has 2 saturated heterocycles. The number of amides is 2. The maximum Gasteiger partial charge on any atom is 0.324 e. The van der Waals surface area contributed by atoms with Crippen LogP contribution in [-0.2, 0) is 46.3 Å². The lowest BCUT2D eigenvalue weighted by atomic mass is 9.84. The quantitative estimate of drug-likeness (QED) is 0.182. The Morgan fingerprint density at radius 3 is 2.66 bits per heavy atom. The van der Waals surface area contributed by atoms with Crippen LogP contribution in [-0.4, -0.2) is 114 Å². The summed E-state index contributed by atoms with van der Waals surface area (Å²) in [6, 6.07) is 8.69. The lowest BCUT2D eigenvalue weighted by molar-refractivity contribution is -0.157. The summed E-state index contributed by atoms with van der Waals surface area (Å²) in [5.41, 5.74) is 9.49. The molecule has 61 heavy (non-hydrogen) atoms. The lowest BCUT2D eigenvalue weighted by Crippen LogP contribution is -2.61. The average molecular weight is 856 g/mol. The number of nitrogens with zero attached hydrogens (tertiary/aromatic N) is 5. The van der Waals surface area contributed by atoms with Crippen molar-refractivity contribution in [1.29, 1.82) is 0 Å². The fourth-order valence-corrected chi connectivity index (χ4v) is 10.2. The highest BCUT2D eigenvalue weighted by Crippen LogP contribution is 2.46. The molecule has 4 aliphatic rings. The van der Waals surface area contributed by atoms with E-state index in [0.717, 1.165) is 57.8 Å². The molecule has 1 saturated carbocycles. The van der Waals surface area contributed by atoms with E-state index in [4.69, 9.17) is 28.9 Å².